The first kappa shape index (κ1) is 62.1. The van der Waals surface area contributed by atoms with Gasteiger partial charge in [0, 0.05) is 66.5 Å². The number of carbonyl (C=O) groups is 1. The molecule has 1 saturated heterocycles. The Morgan fingerprint density at radius 2 is 1.64 bits per heavy atom. The molecule has 13 aliphatic rings. The zero-order chi connectivity index (χ0) is 60.1. The van der Waals surface area contributed by atoms with Gasteiger partial charge in [0.25, 0.3) is 0 Å². The molecular weight excluding hydrogens is 1090 g/mol. The van der Waals surface area contributed by atoms with E-state index in [1.54, 1.807) is 6.92 Å². The fraction of sp³-hybridized carbons (Fsp3) is 0.843. The summed E-state index contributed by atoms with van der Waals surface area (Å²) in [4.78, 5) is 16.5. The first-order valence-corrected chi connectivity index (χ1v) is 34.9. The van der Waals surface area contributed by atoms with Crippen molar-refractivity contribution in [1.82, 2.24) is 16.0 Å². The Labute approximate surface area is 511 Å². The van der Waals surface area contributed by atoms with Gasteiger partial charge in [-0.2, -0.15) is 0 Å². The number of aliphatic hydroxyl groups is 9. The van der Waals surface area contributed by atoms with Gasteiger partial charge in [0.15, 0.2) is 5.78 Å². The summed E-state index contributed by atoms with van der Waals surface area (Å²) in [6.07, 6.45) is 25.2. The monoisotopic (exact) mass is 1200 g/mol. The standard InChI is InChI=1S/C70H108N4O12/c1-3-8-40-15-19-48-56(21-16-40)86-64-59(48)52(76)12-6-27-70(64,84)65(2,81)57-24-29-69(83)60-61(73-38-55(79)42-9-4-5-10-42)62(80)49-35-53(77)54(78)37-66(49)36-44(47-20-22-58(71)74-50(47)11-7-31-75)23-28-67(82,63(60)66)39-68(57,69)45-17-13-41(14-18-45)26-32-85-46-33-43-25-30-72-51(43)34-46/h20,22-23,25,28,30,40-46,48-49,51-59,63-64,72-79,81-84H,3-19,21,24,26-27,29,31-39,71H2,1-2H3. The largest absolute Gasteiger partial charge is 0.396 e. The number of rotatable bonds is 17. The first-order chi connectivity index (χ1) is 41.3. The number of nitrogens with two attached hydrogens (primary N) is 1. The second-order valence-corrected chi connectivity index (χ2v) is 31.0. The summed E-state index contributed by atoms with van der Waals surface area (Å²) >= 11 is 0. The van der Waals surface area contributed by atoms with E-state index in [1.807, 2.05) is 18.2 Å². The molecule has 14 N–H and O–H groups in total. The van der Waals surface area contributed by atoms with Gasteiger partial charge in [-0.1, -0.05) is 76.2 Å². The Bertz CT molecular complexity index is 2630. The fourth-order valence-electron chi connectivity index (χ4n) is 22.7. The van der Waals surface area contributed by atoms with Crippen LogP contribution in [0, 0.1) is 75.9 Å². The molecule has 86 heavy (non-hydrogen) atoms. The number of aliphatic hydroxyl groups excluding tert-OH is 5. The van der Waals surface area contributed by atoms with E-state index in [4.69, 9.17) is 15.2 Å². The summed E-state index contributed by atoms with van der Waals surface area (Å²) in [5.74, 6) is -2.73. The fourth-order valence-corrected chi connectivity index (χ4v) is 22.7. The summed E-state index contributed by atoms with van der Waals surface area (Å²) in [5.41, 5.74) is -1.31. The van der Waals surface area contributed by atoms with Crippen molar-refractivity contribution < 1.29 is 60.2 Å². The molecule has 8 saturated carbocycles. The summed E-state index contributed by atoms with van der Waals surface area (Å²) in [7, 11) is 0. The lowest BCUT2D eigenvalue weighted by molar-refractivity contribution is -0.276. The molecule has 0 radical (unpaired) electrons. The smallest absolute Gasteiger partial charge is 0.182 e. The van der Waals surface area contributed by atoms with E-state index >= 15 is 9.90 Å². The van der Waals surface area contributed by atoms with Gasteiger partial charge in [-0.3, -0.25) is 4.79 Å². The summed E-state index contributed by atoms with van der Waals surface area (Å²) in [6, 6.07) is 0.438. The van der Waals surface area contributed by atoms with Crippen LogP contribution in [0.1, 0.15) is 194 Å². The van der Waals surface area contributed by atoms with Crippen LogP contribution in [-0.2, 0) is 14.3 Å². The number of fused-ring (bicyclic) bond motifs is 6. The van der Waals surface area contributed by atoms with Gasteiger partial charge in [-0.25, -0.2) is 0 Å². The van der Waals surface area contributed by atoms with E-state index in [-0.39, 0.29) is 99.5 Å². The van der Waals surface area contributed by atoms with Crippen molar-refractivity contribution in [2.24, 2.45) is 81.7 Å². The maximum atomic E-state index is 16.5. The highest BCUT2D eigenvalue weighted by molar-refractivity contribution is 6.00. The lowest BCUT2D eigenvalue weighted by Gasteiger charge is -2.69. The maximum absolute atomic E-state index is 16.5. The number of ketones is 1. The lowest BCUT2D eigenvalue weighted by atomic mass is 9.37. The number of allylic oxidation sites excluding steroid dienone is 5. The Morgan fingerprint density at radius 3 is 2.41 bits per heavy atom. The van der Waals surface area contributed by atoms with E-state index in [0.29, 0.717) is 74.5 Å². The minimum Gasteiger partial charge on any atom is -0.396 e. The molecule has 16 nitrogen and oxygen atoms in total. The highest BCUT2D eigenvalue weighted by Gasteiger charge is 2.80. The topological polar surface area (TPSA) is 280 Å². The van der Waals surface area contributed by atoms with Crippen molar-refractivity contribution in [3.8, 4) is 0 Å². The molecule has 23 atom stereocenters. The number of hydrogen-bond acceptors (Lipinski definition) is 16. The van der Waals surface area contributed by atoms with Crippen molar-refractivity contribution in [3.63, 3.8) is 0 Å². The minimum absolute atomic E-state index is 0.00790. The number of carbonyl (C=O) groups excluding carboxylic acids is 1. The molecule has 0 bridgehead atoms. The number of nitrogens with one attached hydrogen (secondary N) is 3. The number of ether oxygens (including phenoxy) is 2. The summed E-state index contributed by atoms with van der Waals surface area (Å²) < 4.78 is 13.9. The highest BCUT2D eigenvalue weighted by atomic mass is 16.5. The van der Waals surface area contributed by atoms with Gasteiger partial charge >= 0.3 is 0 Å². The highest BCUT2D eigenvalue weighted by Crippen LogP contribution is 2.77. The van der Waals surface area contributed by atoms with Crippen LogP contribution in [0.2, 0.25) is 0 Å². The van der Waals surface area contributed by atoms with Crippen LogP contribution in [0.5, 0.6) is 0 Å². The number of Topliss-reactive ketones (excluding diaryl/α,β-unsaturated/α-hetero) is 1. The van der Waals surface area contributed by atoms with Crippen molar-refractivity contribution >= 4 is 5.78 Å². The van der Waals surface area contributed by atoms with Crippen LogP contribution in [0.4, 0.5) is 0 Å². The molecule has 13 rings (SSSR count). The lowest BCUT2D eigenvalue weighted by Crippen LogP contribution is -2.74. The SMILES string of the molecule is CCCC1CCC2OC3C(C(O)CCCC3(O)C(C)(O)C3CCC4(O)C5=C(NCC(O)C6CCCC6)C(=O)C6CC(O)C(O)CC67CC(C6=C(CCCO)NC(N)C=C6)C=CC(O)(CC34C3CCC(CCOC4CC6C=CNC6C4)CC3)C57)C2CC1. The Kier molecular flexibility index (Phi) is 17.4. The Balaban J connectivity index is 0.954. The predicted molar refractivity (Wildman–Crippen MR) is 326 cm³/mol. The molecule has 10 aliphatic carbocycles. The third kappa shape index (κ3) is 10.2. The second-order valence-electron chi connectivity index (χ2n) is 31.0. The van der Waals surface area contributed by atoms with Crippen LogP contribution in [0.25, 0.3) is 0 Å². The molecule has 480 valence electrons. The molecule has 0 aromatic heterocycles. The number of dihydropyridines is 1. The third-order valence-corrected chi connectivity index (χ3v) is 26.7. The predicted octanol–water partition coefficient (Wildman–Crippen LogP) is 6.50. The average Bonchev–Trinajstić information content (AvgIpc) is 1.25. The molecule has 0 amide bonds. The van der Waals surface area contributed by atoms with Gasteiger partial charge in [0.2, 0.25) is 0 Å². The van der Waals surface area contributed by atoms with Crippen LogP contribution in [0.3, 0.4) is 0 Å². The first-order valence-electron chi connectivity index (χ1n) is 34.9. The normalized spacial score (nSPS) is 48.2. The molecule has 0 aromatic rings. The molecule has 9 fully saturated rings. The summed E-state index contributed by atoms with van der Waals surface area (Å²) in [5, 5.41) is 128. The molecular formula is C70H108N4O12. The van der Waals surface area contributed by atoms with Crippen LogP contribution >= 0.6 is 0 Å². The van der Waals surface area contributed by atoms with E-state index in [9.17, 15) is 40.9 Å². The zero-order valence-electron chi connectivity index (χ0n) is 51.8. The van der Waals surface area contributed by atoms with Crippen LogP contribution in [-0.4, -0.2) is 149 Å². The Morgan fingerprint density at radius 1 is 0.872 bits per heavy atom. The molecule has 3 heterocycles. The summed E-state index contributed by atoms with van der Waals surface area (Å²) in [6.45, 7) is 4.67. The van der Waals surface area contributed by atoms with E-state index in [2.05, 4.69) is 41.2 Å². The quantitative estimate of drug-likeness (QED) is 0.0692. The van der Waals surface area contributed by atoms with E-state index in [0.717, 1.165) is 108 Å². The van der Waals surface area contributed by atoms with Gasteiger partial charge < -0.3 is 77.1 Å². The third-order valence-electron chi connectivity index (χ3n) is 26.7. The Hall–Kier alpha value is -2.71. The second kappa shape index (κ2) is 24.1. The van der Waals surface area contributed by atoms with Crippen molar-refractivity contribution in [2.75, 3.05) is 19.8 Å². The zero-order valence-corrected chi connectivity index (χ0v) is 51.8. The number of hydrogen-bond donors (Lipinski definition) is 13. The van der Waals surface area contributed by atoms with Gasteiger partial charge in [0.1, 0.15) is 5.60 Å². The molecule has 1 spiro atoms. The van der Waals surface area contributed by atoms with Gasteiger partial charge in [-0.15, -0.1) is 0 Å². The maximum Gasteiger partial charge on any atom is 0.182 e. The minimum atomic E-state index is -1.96. The van der Waals surface area contributed by atoms with Crippen LogP contribution < -0.4 is 21.7 Å². The van der Waals surface area contributed by atoms with E-state index in [1.165, 1.54) is 0 Å². The van der Waals surface area contributed by atoms with Gasteiger partial charge in [-0.05, 0) is 206 Å². The molecule has 3 aliphatic heterocycles. The van der Waals surface area contributed by atoms with Gasteiger partial charge in [0.05, 0.1) is 71.4 Å². The molecule has 0 aromatic carbocycles. The molecule has 16 heteroatoms. The average molecular weight is 1200 g/mol. The van der Waals surface area contributed by atoms with Crippen molar-refractivity contribution in [1.29, 1.82) is 0 Å². The van der Waals surface area contributed by atoms with Crippen LogP contribution in [0.15, 0.2) is 59.1 Å². The van der Waals surface area contributed by atoms with Crippen molar-refractivity contribution in [3.05, 3.63) is 59.1 Å². The van der Waals surface area contributed by atoms with E-state index < -0.39 is 99.5 Å². The molecule has 23 unspecified atom stereocenters. The van der Waals surface area contributed by atoms with Crippen molar-refractivity contribution in [2.45, 2.75) is 271 Å².